The SMILES string of the molecule is CC(C)C(=O)N1C[C@@H](C(=O)N2CC[C@H](N(C(=O)C(C)(C)C)C3CCC(C)(C)CC3)C2)[C@H](c2ccc(Cl)cc2)C1. The van der Waals surface area contributed by atoms with E-state index in [1.807, 2.05) is 68.7 Å². The summed E-state index contributed by atoms with van der Waals surface area (Å²) in [6.07, 6.45) is 5.08. The molecule has 1 aliphatic carbocycles. The third-order valence-corrected chi connectivity index (χ3v) is 9.44. The van der Waals surface area contributed by atoms with Crippen LogP contribution in [0, 0.1) is 22.7 Å². The van der Waals surface area contributed by atoms with Crippen LogP contribution in [-0.2, 0) is 14.4 Å². The summed E-state index contributed by atoms with van der Waals surface area (Å²) in [4.78, 5) is 46.8. The third-order valence-electron chi connectivity index (χ3n) is 9.19. The molecule has 3 aliphatic rings. The van der Waals surface area contributed by atoms with Gasteiger partial charge in [0.15, 0.2) is 0 Å². The van der Waals surface area contributed by atoms with Crippen molar-refractivity contribution in [2.45, 2.75) is 98.6 Å². The molecular weight excluding hydrogens is 510 g/mol. The van der Waals surface area contributed by atoms with Crippen LogP contribution in [0.4, 0.5) is 0 Å². The fourth-order valence-corrected chi connectivity index (χ4v) is 6.86. The van der Waals surface area contributed by atoms with Gasteiger partial charge in [0, 0.05) is 54.5 Å². The molecule has 0 radical (unpaired) electrons. The molecule has 4 rings (SSSR count). The number of nitrogens with zero attached hydrogens (tertiary/aromatic N) is 3. The van der Waals surface area contributed by atoms with Crippen molar-refractivity contribution in [1.82, 2.24) is 14.7 Å². The molecule has 3 fully saturated rings. The Morgan fingerprint density at radius 1 is 0.923 bits per heavy atom. The second-order valence-electron chi connectivity index (χ2n) is 14.2. The van der Waals surface area contributed by atoms with Crippen molar-refractivity contribution < 1.29 is 14.4 Å². The predicted molar refractivity (Wildman–Crippen MR) is 156 cm³/mol. The van der Waals surface area contributed by atoms with Gasteiger partial charge >= 0.3 is 0 Å². The number of rotatable bonds is 5. The number of likely N-dealkylation sites (tertiary alicyclic amines) is 2. The van der Waals surface area contributed by atoms with Crippen molar-refractivity contribution in [2.75, 3.05) is 26.2 Å². The first-order valence-electron chi connectivity index (χ1n) is 14.8. The maximum Gasteiger partial charge on any atom is 0.228 e. The third kappa shape index (κ3) is 6.64. The number of hydrogen-bond acceptors (Lipinski definition) is 3. The molecule has 2 heterocycles. The van der Waals surface area contributed by atoms with Crippen LogP contribution in [0.5, 0.6) is 0 Å². The van der Waals surface area contributed by atoms with Crippen LogP contribution in [0.25, 0.3) is 0 Å². The molecule has 39 heavy (non-hydrogen) atoms. The lowest BCUT2D eigenvalue weighted by Gasteiger charge is -2.45. The van der Waals surface area contributed by atoms with Crippen LogP contribution in [0.3, 0.4) is 0 Å². The van der Waals surface area contributed by atoms with Gasteiger partial charge in [0.05, 0.1) is 12.0 Å². The summed E-state index contributed by atoms with van der Waals surface area (Å²) in [5, 5.41) is 0.659. The molecule has 3 atom stereocenters. The summed E-state index contributed by atoms with van der Waals surface area (Å²) in [6, 6.07) is 7.96. The Hall–Kier alpha value is -2.08. The van der Waals surface area contributed by atoms with Gasteiger partial charge in [-0.1, -0.05) is 72.2 Å². The minimum Gasteiger partial charge on any atom is -0.341 e. The number of hydrogen-bond donors (Lipinski definition) is 0. The molecule has 0 unspecified atom stereocenters. The lowest BCUT2D eigenvalue weighted by Crippen LogP contribution is -2.54. The molecule has 1 aromatic rings. The minimum atomic E-state index is -0.465. The number of benzene rings is 1. The van der Waals surface area contributed by atoms with Gasteiger partial charge in [0.2, 0.25) is 17.7 Å². The van der Waals surface area contributed by atoms with Gasteiger partial charge in [0.25, 0.3) is 0 Å². The van der Waals surface area contributed by atoms with Crippen molar-refractivity contribution >= 4 is 29.3 Å². The zero-order chi connectivity index (χ0) is 28.7. The molecule has 0 bridgehead atoms. The topological polar surface area (TPSA) is 60.9 Å². The molecule has 0 aromatic heterocycles. The van der Waals surface area contributed by atoms with Crippen molar-refractivity contribution in [3.05, 3.63) is 34.9 Å². The van der Waals surface area contributed by atoms with Gasteiger partial charge in [-0.15, -0.1) is 0 Å². The molecular formula is C32H48ClN3O3. The quantitative estimate of drug-likeness (QED) is 0.447. The lowest BCUT2D eigenvalue weighted by atomic mass is 9.74. The van der Waals surface area contributed by atoms with Crippen LogP contribution >= 0.6 is 11.6 Å². The van der Waals surface area contributed by atoms with Gasteiger partial charge in [-0.05, 0) is 55.2 Å². The zero-order valence-electron chi connectivity index (χ0n) is 25.0. The van der Waals surface area contributed by atoms with E-state index in [1.54, 1.807) is 0 Å². The van der Waals surface area contributed by atoms with E-state index in [-0.39, 0.29) is 47.6 Å². The molecule has 1 aromatic carbocycles. The number of carbonyl (C=O) groups excluding carboxylic acids is 3. The Bertz CT molecular complexity index is 1050. The second-order valence-corrected chi connectivity index (χ2v) is 14.7. The molecule has 0 N–H and O–H groups in total. The predicted octanol–water partition coefficient (Wildman–Crippen LogP) is 5.98. The van der Waals surface area contributed by atoms with Crippen LogP contribution in [0.1, 0.15) is 92.1 Å². The van der Waals surface area contributed by atoms with Crippen LogP contribution < -0.4 is 0 Å². The molecule has 6 nitrogen and oxygen atoms in total. The van der Waals surface area contributed by atoms with Crippen LogP contribution in [0.15, 0.2) is 24.3 Å². The summed E-state index contributed by atoms with van der Waals surface area (Å²) in [5.74, 6) is -0.0899. The molecule has 7 heteroatoms. The highest BCUT2D eigenvalue weighted by Gasteiger charge is 2.46. The molecule has 2 saturated heterocycles. The van der Waals surface area contributed by atoms with Crippen molar-refractivity contribution in [3.8, 4) is 0 Å². The van der Waals surface area contributed by atoms with E-state index in [0.717, 1.165) is 37.7 Å². The number of carbonyl (C=O) groups is 3. The van der Waals surface area contributed by atoms with Gasteiger partial charge in [-0.2, -0.15) is 0 Å². The highest BCUT2D eigenvalue weighted by atomic mass is 35.5. The normalized spacial score (nSPS) is 25.8. The van der Waals surface area contributed by atoms with Crippen LogP contribution in [0.2, 0.25) is 5.02 Å². The standard InChI is InChI=1S/C32H48ClN3O3/c1-21(2)28(37)35-19-26(22-8-10-23(33)11-9-22)27(20-35)29(38)34-17-14-25(18-34)36(30(39)31(3,4)5)24-12-15-32(6,7)16-13-24/h8-11,21,24-27H,12-20H2,1-7H3/t25-,26-,27+/m0/s1. The summed E-state index contributed by atoms with van der Waals surface area (Å²) < 4.78 is 0. The zero-order valence-corrected chi connectivity index (χ0v) is 25.8. The van der Waals surface area contributed by atoms with Gasteiger partial charge in [-0.3, -0.25) is 14.4 Å². The lowest BCUT2D eigenvalue weighted by molar-refractivity contribution is -0.147. The summed E-state index contributed by atoms with van der Waals surface area (Å²) in [6.45, 7) is 16.7. The van der Waals surface area contributed by atoms with E-state index >= 15 is 0 Å². The minimum absolute atomic E-state index is 0.0377. The molecule has 3 amide bonds. The fourth-order valence-electron chi connectivity index (χ4n) is 6.73. The largest absolute Gasteiger partial charge is 0.341 e. The summed E-state index contributed by atoms with van der Waals surface area (Å²) >= 11 is 6.15. The Kier molecular flexibility index (Phi) is 8.76. The molecule has 216 valence electrons. The van der Waals surface area contributed by atoms with E-state index in [4.69, 9.17) is 11.6 Å². The Morgan fingerprint density at radius 2 is 1.54 bits per heavy atom. The second kappa shape index (κ2) is 11.4. The first-order valence-corrected chi connectivity index (χ1v) is 15.2. The fraction of sp³-hybridized carbons (Fsp3) is 0.719. The van der Waals surface area contributed by atoms with Gasteiger partial charge in [0.1, 0.15) is 0 Å². The molecule has 2 aliphatic heterocycles. The first-order chi connectivity index (χ1) is 18.2. The van der Waals surface area contributed by atoms with Crippen molar-refractivity contribution in [2.24, 2.45) is 22.7 Å². The van der Waals surface area contributed by atoms with Crippen molar-refractivity contribution in [3.63, 3.8) is 0 Å². The maximum atomic E-state index is 14.1. The van der Waals surface area contributed by atoms with E-state index in [9.17, 15) is 14.4 Å². The maximum absolute atomic E-state index is 14.1. The Balaban J connectivity index is 1.54. The number of amides is 3. The van der Waals surface area contributed by atoms with Gasteiger partial charge < -0.3 is 14.7 Å². The Morgan fingerprint density at radius 3 is 2.10 bits per heavy atom. The highest BCUT2D eigenvalue weighted by Crippen LogP contribution is 2.40. The molecule has 0 spiro atoms. The van der Waals surface area contributed by atoms with Gasteiger partial charge in [-0.25, -0.2) is 0 Å². The molecule has 1 saturated carbocycles. The summed E-state index contributed by atoms with van der Waals surface area (Å²) in [7, 11) is 0. The van der Waals surface area contributed by atoms with Crippen molar-refractivity contribution in [1.29, 1.82) is 0 Å². The monoisotopic (exact) mass is 557 g/mol. The summed E-state index contributed by atoms with van der Waals surface area (Å²) in [5.41, 5.74) is 0.901. The van der Waals surface area contributed by atoms with E-state index in [2.05, 4.69) is 18.7 Å². The highest BCUT2D eigenvalue weighted by molar-refractivity contribution is 6.30. The average Bonchev–Trinajstić information content (AvgIpc) is 3.52. The first kappa shape index (κ1) is 29.9. The van der Waals surface area contributed by atoms with E-state index in [0.29, 0.717) is 36.6 Å². The Labute approximate surface area is 240 Å². The van der Waals surface area contributed by atoms with Crippen LogP contribution in [-0.4, -0.2) is 70.7 Å². The van der Waals surface area contributed by atoms with E-state index in [1.165, 1.54) is 0 Å². The average molecular weight is 558 g/mol. The van der Waals surface area contributed by atoms with E-state index < -0.39 is 5.41 Å². The smallest absolute Gasteiger partial charge is 0.228 e. The number of halogens is 1.